The van der Waals surface area contributed by atoms with Gasteiger partial charge < -0.3 is 9.73 Å². The maximum Gasteiger partial charge on any atom is 0.191 e. The molecule has 1 aromatic rings. The van der Waals surface area contributed by atoms with Crippen molar-refractivity contribution in [2.75, 3.05) is 6.54 Å². The molecule has 14 heavy (non-hydrogen) atoms. The average molecular weight is 194 g/mol. The molecule has 0 saturated carbocycles. The summed E-state index contributed by atoms with van der Waals surface area (Å²) in [5.74, 6) is 1.83. The summed E-state index contributed by atoms with van der Waals surface area (Å²) in [6, 6.07) is 0.388. The maximum atomic E-state index is 5.64. The molecular formula is C11H18N2O. The van der Waals surface area contributed by atoms with Crippen LogP contribution in [0.3, 0.4) is 0 Å². The predicted octanol–water partition coefficient (Wildman–Crippen LogP) is 2.50. The second-order valence-corrected chi connectivity index (χ2v) is 4.04. The molecule has 0 aromatic carbocycles. The van der Waals surface area contributed by atoms with Crippen LogP contribution in [0.1, 0.15) is 49.1 Å². The smallest absolute Gasteiger partial charge is 0.191 e. The van der Waals surface area contributed by atoms with Gasteiger partial charge in [0.15, 0.2) is 5.89 Å². The molecule has 78 valence electrons. The van der Waals surface area contributed by atoms with Crippen molar-refractivity contribution in [1.82, 2.24) is 10.3 Å². The first-order chi connectivity index (χ1) is 6.77. The fourth-order valence-electron chi connectivity index (χ4n) is 2.12. The van der Waals surface area contributed by atoms with Crippen LogP contribution in [0.5, 0.6) is 0 Å². The number of aryl methyl sites for hydroxylation is 2. The molecule has 2 rings (SSSR count). The summed E-state index contributed by atoms with van der Waals surface area (Å²) in [5.41, 5.74) is 1.04. The van der Waals surface area contributed by atoms with Crippen LogP contribution >= 0.6 is 0 Å². The summed E-state index contributed by atoms with van der Waals surface area (Å²) in [6.45, 7) is 5.04. The third kappa shape index (κ3) is 1.98. The van der Waals surface area contributed by atoms with Gasteiger partial charge in [0.1, 0.15) is 5.76 Å². The Kier molecular flexibility index (Phi) is 2.87. The lowest BCUT2D eigenvalue weighted by atomic mass is 10.1. The number of aromatic nitrogens is 1. The number of hydrogen-bond acceptors (Lipinski definition) is 3. The molecule has 0 aliphatic carbocycles. The summed E-state index contributed by atoms with van der Waals surface area (Å²) in [7, 11) is 0. The third-order valence-electron chi connectivity index (χ3n) is 2.82. The summed E-state index contributed by atoms with van der Waals surface area (Å²) in [5, 5.41) is 3.52. The van der Waals surface area contributed by atoms with E-state index < -0.39 is 0 Å². The van der Waals surface area contributed by atoms with Gasteiger partial charge in [-0.3, -0.25) is 0 Å². The number of nitrogens with one attached hydrogen (secondary N) is 1. The molecule has 0 spiro atoms. The molecule has 1 atom stereocenters. The number of oxazole rings is 1. The van der Waals surface area contributed by atoms with Crippen LogP contribution in [-0.4, -0.2) is 11.5 Å². The SMILES string of the molecule is Cc1nc(C)c(C2CCCCCN2)o1. The predicted molar refractivity (Wildman–Crippen MR) is 55.2 cm³/mol. The highest BCUT2D eigenvalue weighted by molar-refractivity contribution is 5.12. The van der Waals surface area contributed by atoms with Crippen LogP contribution in [0.25, 0.3) is 0 Å². The molecule has 1 N–H and O–H groups in total. The molecule has 1 unspecified atom stereocenters. The molecule has 0 radical (unpaired) electrons. The summed E-state index contributed by atoms with van der Waals surface area (Å²) in [4.78, 5) is 4.31. The minimum absolute atomic E-state index is 0.388. The van der Waals surface area contributed by atoms with Crippen molar-refractivity contribution in [3.63, 3.8) is 0 Å². The molecule has 0 amide bonds. The average Bonchev–Trinajstić information content (AvgIpc) is 2.43. The van der Waals surface area contributed by atoms with Crippen LogP contribution in [0.4, 0.5) is 0 Å². The molecule has 1 aromatic heterocycles. The Labute approximate surface area is 84.9 Å². The van der Waals surface area contributed by atoms with Gasteiger partial charge in [-0.2, -0.15) is 0 Å². The highest BCUT2D eigenvalue weighted by atomic mass is 16.4. The standard InChI is InChI=1S/C11H18N2O/c1-8-11(14-9(2)13-8)10-6-4-3-5-7-12-10/h10,12H,3-7H2,1-2H3. The molecule has 3 nitrogen and oxygen atoms in total. The second-order valence-electron chi connectivity index (χ2n) is 4.04. The van der Waals surface area contributed by atoms with Crippen molar-refractivity contribution in [2.45, 2.75) is 45.6 Å². The normalized spacial score (nSPS) is 23.4. The van der Waals surface area contributed by atoms with Crippen molar-refractivity contribution in [3.05, 3.63) is 17.3 Å². The lowest BCUT2D eigenvalue weighted by molar-refractivity contribution is 0.392. The van der Waals surface area contributed by atoms with E-state index >= 15 is 0 Å². The molecular weight excluding hydrogens is 176 g/mol. The summed E-state index contributed by atoms with van der Waals surface area (Å²) in [6.07, 6.45) is 5.07. The van der Waals surface area contributed by atoms with Gasteiger partial charge in [0.2, 0.25) is 0 Å². The maximum absolute atomic E-state index is 5.64. The zero-order valence-electron chi connectivity index (χ0n) is 8.97. The van der Waals surface area contributed by atoms with Crippen molar-refractivity contribution in [3.8, 4) is 0 Å². The minimum Gasteiger partial charge on any atom is -0.444 e. The molecule has 0 bridgehead atoms. The first-order valence-electron chi connectivity index (χ1n) is 5.44. The Morgan fingerprint density at radius 1 is 1.29 bits per heavy atom. The Bertz CT molecular complexity index is 298. The zero-order chi connectivity index (χ0) is 9.97. The van der Waals surface area contributed by atoms with Crippen molar-refractivity contribution >= 4 is 0 Å². The van der Waals surface area contributed by atoms with Gasteiger partial charge in [0.25, 0.3) is 0 Å². The lowest BCUT2D eigenvalue weighted by Crippen LogP contribution is -2.20. The monoisotopic (exact) mass is 194 g/mol. The van der Waals surface area contributed by atoms with Crippen molar-refractivity contribution in [2.24, 2.45) is 0 Å². The largest absolute Gasteiger partial charge is 0.444 e. The van der Waals surface area contributed by atoms with Gasteiger partial charge in [0.05, 0.1) is 11.7 Å². The van der Waals surface area contributed by atoms with E-state index in [0.29, 0.717) is 6.04 Å². The molecule has 1 aliphatic rings. The molecule has 1 aliphatic heterocycles. The molecule has 2 heterocycles. The van der Waals surface area contributed by atoms with Crippen LogP contribution in [0.15, 0.2) is 4.42 Å². The van der Waals surface area contributed by atoms with Crippen LogP contribution in [0, 0.1) is 13.8 Å². The Hall–Kier alpha value is -0.830. The fraction of sp³-hybridized carbons (Fsp3) is 0.727. The van der Waals surface area contributed by atoms with E-state index in [0.717, 1.165) is 23.9 Å². The molecule has 1 saturated heterocycles. The van der Waals surface area contributed by atoms with Gasteiger partial charge in [-0.25, -0.2) is 4.98 Å². The van der Waals surface area contributed by atoms with E-state index in [1.165, 1.54) is 25.7 Å². The Morgan fingerprint density at radius 2 is 2.14 bits per heavy atom. The molecule has 1 fully saturated rings. The van der Waals surface area contributed by atoms with Crippen LogP contribution < -0.4 is 5.32 Å². The number of hydrogen-bond donors (Lipinski definition) is 1. The van der Waals surface area contributed by atoms with Gasteiger partial charge in [-0.15, -0.1) is 0 Å². The van der Waals surface area contributed by atoms with E-state index in [-0.39, 0.29) is 0 Å². The molecule has 3 heteroatoms. The fourth-order valence-corrected chi connectivity index (χ4v) is 2.12. The number of nitrogens with zero attached hydrogens (tertiary/aromatic N) is 1. The lowest BCUT2D eigenvalue weighted by Gasteiger charge is -2.12. The summed E-state index contributed by atoms with van der Waals surface area (Å²) >= 11 is 0. The van der Waals surface area contributed by atoms with E-state index in [2.05, 4.69) is 10.3 Å². The van der Waals surface area contributed by atoms with E-state index in [1.807, 2.05) is 13.8 Å². The third-order valence-corrected chi connectivity index (χ3v) is 2.82. The van der Waals surface area contributed by atoms with E-state index in [1.54, 1.807) is 0 Å². The van der Waals surface area contributed by atoms with E-state index in [4.69, 9.17) is 4.42 Å². The quantitative estimate of drug-likeness (QED) is 0.746. The van der Waals surface area contributed by atoms with Crippen molar-refractivity contribution in [1.29, 1.82) is 0 Å². The van der Waals surface area contributed by atoms with Crippen molar-refractivity contribution < 1.29 is 4.42 Å². The topological polar surface area (TPSA) is 38.1 Å². The second kappa shape index (κ2) is 4.13. The first kappa shape index (κ1) is 9.71. The van der Waals surface area contributed by atoms with Gasteiger partial charge >= 0.3 is 0 Å². The Balaban J connectivity index is 2.15. The minimum atomic E-state index is 0.388. The van der Waals surface area contributed by atoms with Gasteiger partial charge in [-0.1, -0.05) is 12.8 Å². The number of rotatable bonds is 1. The van der Waals surface area contributed by atoms with Gasteiger partial charge in [-0.05, 0) is 26.3 Å². The van der Waals surface area contributed by atoms with Crippen LogP contribution in [0.2, 0.25) is 0 Å². The van der Waals surface area contributed by atoms with Gasteiger partial charge in [0, 0.05) is 6.92 Å². The highest BCUT2D eigenvalue weighted by Crippen LogP contribution is 2.25. The first-order valence-corrected chi connectivity index (χ1v) is 5.44. The summed E-state index contributed by atoms with van der Waals surface area (Å²) < 4.78 is 5.64. The Morgan fingerprint density at radius 3 is 2.86 bits per heavy atom. The zero-order valence-corrected chi connectivity index (χ0v) is 8.97. The highest BCUT2D eigenvalue weighted by Gasteiger charge is 2.19. The van der Waals surface area contributed by atoms with E-state index in [9.17, 15) is 0 Å². The van der Waals surface area contributed by atoms with Crippen LogP contribution in [-0.2, 0) is 0 Å².